The molecule has 0 aliphatic heterocycles. The molecule has 2 aromatic carbocycles. The van der Waals surface area contributed by atoms with Crippen molar-refractivity contribution in [1.29, 1.82) is 0 Å². The monoisotopic (exact) mass is 293 g/mol. The van der Waals surface area contributed by atoms with Crippen molar-refractivity contribution >= 4 is 16.7 Å². The van der Waals surface area contributed by atoms with Crippen LogP contribution in [-0.2, 0) is 4.79 Å². The summed E-state index contributed by atoms with van der Waals surface area (Å²) in [5.74, 6) is 2.22. The smallest absolute Gasteiger partial charge is 0.226 e. The molecule has 0 spiro atoms. The SMILES string of the molecule is CN(C)C(=O)[C@@H]1[C@H]2CC[C@@H](C2)[C@H]1c1ccc2ccccc2c1. The van der Waals surface area contributed by atoms with Gasteiger partial charge in [0.05, 0.1) is 0 Å². The first-order valence-corrected chi connectivity index (χ1v) is 8.35. The number of amides is 1. The summed E-state index contributed by atoms with van der Waals surface area (Å²) in [5, 5.41) is 2.57. The number of hydrogen-bond donors (Lipinski definition) is 0. The van der Waals surface area contributed by atoms with Crippen LogP contribution in [0.2, 0.25) is 0 Å². The first-order chi connectivity index (χ1) is 10.6. The minimum absolute atomic E-state index is 0.190. The number of hydrogen-bond acceptors (Lipinski definition) is 1. The predicted octanol–water partition coefficient (Wildman–Crippen LogP) is 4.06. The van der Waals surface area contributed by atoms with E-state index in [0.717, 1.165) is 0 Å². The van der Waals surface area contributed by atoms with Gasteiger partial charge in [-0.2, -0.15) is 0 Å². The number of nitrogens with zero attached hydrogens (tertiary/aromatic N) is 1. The molecule has 2 heteroatoms. The molecule has 0 radical (unpaired) electrons. The number of rotatable bonds is 2. The lowest BCUT2D eigenvalue weighted by atomic mass is 9.74. The van der Waals surface area contributed by atoms with Crippen LogP contribution in [-0.4, -0.2) is 24.9 Å². The van der Waals surface area contributed by atoms with Gasteiger partial charge in [0.15, 0.2) is 0 Å². The Morgan fingerprint density at radius 2 is 1.73 bits per heavy atom. The molecule has 0 aromatic heterocycles. The fourth-order valence-corrected chi connectivity index (χ4v) is 4.84. The van der Waals surface area contributed by atoms with Crippen LogP contribution < -0.4 is 0 Å². The van der Waals surface area contributed by atoms with E-state index in [-0.39, 0.29) is 5.92 Å². The molecule has 2 aliphatic rings. The van der Waals surface area contributed by atoms with Gasteiger partial charge in [0.2, 0.25) is 5.91 Å². The molecule has 2 bridgehead atoms. The van der Waals surface area contributed by atoms with E-state index in [0.29, 0.717) is 23.7 Å². The van der Waals surface area contributed by atoms with Crippen LogP contribution in [0.3, 0.4) is 0 Å². The molecule has 2 saturated carbocycles. The minimum atomic E-state index is 0.190. The molecule has 0 unspecified atom stereocenters. The zero-order chi connectivity index (χ0) is 15.3. The van der Waals surface area contributed by atoms with Crippen molar-refractivity contribution < 1.29 is 4.79 Å². The summed E-state index contributed by atoms with van der Waals surface area (Å²) in [4.78, 5) is 14.5. The van der Waals surface area contributed by atoms with Gasteiger partial charge in [0.25, 0.3) is 0 Å². The molecule has 0 heterocycles. The van der Waals surface area contributed by atoms with Gasteiger partial charge in [-0.3, -0.25) is 4.79 Å². The van der Waals surface area contributed by atoms with Gasteiger partial charge in [0.1, 0.15) is 0 Å². The highest BCUT2D eigenvalue weighted by atomic mass is 16.2. The average Bonchev–Trinajstić information content (AvgIpc) is 3.14. The van der Waals surface area contributed by atoms with Crippen molar-refractivity contribution in [3.05, 3.63) is 48.0 Å². The first kappa shape index (κ1) is 13.8. The quantitative estimate of drug-likeness (QED) is 0.817. The third-order valence-electron chi connectivity index (χ3n) is 5.80. The lowest BCUT2D eigenvalue weighted by Crippen LogP contribution is -2.36. The Labute approximate surface area is 132 Å². The molecule has 114 valence electrons. The van der Waals surface area contributed by atoms with E-state index >= 15 is 0 Å². The zero-order valence-corrected chi connectivity index (χ0v) is 13.3. The van der Waals surface area contributed by atoms with Crippen molar-refractivity contribution in [3.8, 4) is 0 Å². The molecule has 22 heavy (non-hydrogen) atoms. The van der Waals surface area contributed by atoms with Crippen LogP contribution in [0.25, 0.3) is 10.8 Å². The Morgan fingerprint density at radius 1 is 1.00 bits per heavy atom. The second-order valence-electron chi connectivity index (χ2n) is 7.22. The van der Waals surface area contributed by atoms with E-state index in [1.807, 2.05) is 14.1 Å². The highest BCUT2D eigenvalue weighted by Crippen LogP contribution is 2.57. The van der Waals surface area contributed by atoms with E-state index in [4.69, 9.17) is 0 Å². The molecular weight excluding hydrogens is 270 g/mol. The van der Waals surface area contributed by atoms with Crippen LogP contribution in [0, 0.1) is 17.8 Å². The van der Waals surface area contributed by atoms with Crippen molar-refractivity contribution in [1.82, 2.24) is 4.90 Å². The Balaban J connectivity index is 1.76. The van der Waals surface area contributed by atoms with Crippen LogP contribution in [0.5, 0.6) is 0 Å². The largest absolute Gasteiger partial charge is 0.349 e. The van der Waals surface area contributed by atoms with Crippen molar-refractivity contribution in [3.63, 3.8) is 0 Å². The maximum Gasteiger partial charge on any atom is 0.226 e. The summed E-state index contributed by atoms with van der Waals surface area (Å²) in [7, 11) is 3.79. The number of carbonyl (C=O) groups is 1. The summed E-state index contributed by atoms with van der Waals surface area (Å²) in [6.45, 7) is 0. The van der Waals surface area contributed by atoms with Crippen LogP contribution in [0.1, 0.15) is 30.7 Å². The number of benzene rings is 2. The third-order valence-corrected chi connectivity index (χ3v) is 5.80. The van der Waals surface area contributed by atoms with Gasteiger partial charge in [0, 0.05) is 20.0 Å². The van der Waals surface area contributed by atoms with E-state index in [9.17, 15) is 4.79 Å². The molecule has 4 rings (SSSR count). The maximum atomic E-state index is 12.7. The molecule has 4 atom stereocenters. The van der Waals surface area contributed by atoms with Gasteiger partial charge in [-0.05, 0) is 53.4 Å². The first-order valence-electron chi connectivity index (χ1n) is 8.35. The Morgan fingerprint density at radius 3 is 2.50 bits per heavy atom. The maximum absolute atomic E-state index is 12.7. The number of fused-ring (bicyclic) bond motifs is 3. The lowest BCUT2D eigenvalue weighted by molar-refractivity contribution is -0.135. The van der Waals surface area contributed by atoms with Gasteiger partial charge in [-0.25, -0.2) is 0 Å². The molecule has 1 amide bonds. The van der Waals surface area contributed by atoms with Crippen molar-refractivity contribution in [2.24, 2.45) is 17.8 Å². The highest BCUT2D eigenvalue weighted by molar-refractivity contribution is 5.84. The fraction of sp³-hybridized carbons (Fsp3) is 0.450. The highest BCUT2D eigenvalue weighted by Gasteiger charge is 2.51. The standard InChI is InChI=1S/C20H23NO/c1-21(2)20(22)19-17-10-9-16(12-17)18(19)15-8-7-13-5-3-4-6-14(13)11-15/h3-8,11,16-19H,9-10,12H2,1-2H3/t16-,17-,18+,19+/m0/s1. The summed E-state index contributed by atoms with van der Waals surface area (Å²) >= 11 is 0. The molecule has 0 N–H and O–H groups in total. The summed E-state index contributed by atoms with van der Waals surface area (Å²) < 4.78 is 0. The predicted molar refractivity (Wildman–Crippen MR) is 89.7 cm³/mol. The summed E-state index contributed by atoms with van der Waals surface area (Å²) in [6, 6.07) is 15.3. The number of carbonyl (C=O) groups excluding carboxylic acids is 1. The Hall–Kier alpha value is -1.83. The molecule has 2 fully saturated rings. The van der Waals surface area contributed by atoms with E-state index in [1.54, 1.807) is 4.90 Å². The van der Waals surface area contributed by atoms with Crippen LogP contribution in [0.4, 0.5) is 0 Å². The lowest BCUT2D eigenvalue weighted by Gasteiger charge is -2.32. The molecular formula is C20H23NO. The van der Waals surface area contributed by atoms with E-state index < -0.39 is 0 Å². The minimum Gasteiger partial charge on any atom is -0.349 e. The second-order valence-corrected chi connectivity index (χ2v) is 7.22. The molecule has 2 aromatic rings. The van der Waals surface area contributed by atoms with Gasteiger partial charge < -0.3 is 4.90 Å². The normalized spacial score (nSPS) is 29.9. The van der Waals surface area contributed by atoms with Crippen molar-refractivity contribution in [2.45, 2.75) is 25.2 Å². The second kappa shape index (κ2) is 5.12. The van der Waals surface area contributed by atoms with Gasteiger partial charge in [-0.15, -0.1) is 0 Å². The molecule has 2 aliphatic carbocycles. The van der Waals surface area contributed by atoms with Gasteiger partial charge >= 0.3 is 0 Å². The Kier molecular flexibility index (Phi) is 3.21. The molecule has 0 saturated heterocycles. The van der Waals surface area contributed by atoms with Gasteiger partial charge in [-0.1, -0.05) is 42.5 Å². The topological polar surface area (TPSA) is 20.3 Å². The van der Waals surface area contributed by atoms with Crippen LogP contribution >= 0.6 is 0 Å². The Bertz CT molecular complexity index is 720. The third kappa shape index (κ3) is 2.05. The average molecular weight is 293 g/mol. The molecule has 2 nitrogen and oxygen atoms in total. The van der Waals surface area contributed by atoms with Crippen molar-refractivity contribution in [2.75, 3.05) is 14.1 Å². The van der Waals surface area contributed by atoms with E-state index in [2.05, 4.69) is 42.5 Å². The van der Waals surface area contributed by atoms with Crippen LogP contribution in [0.15, 0.2) is 42.5 Å². The van der Waals surface area contributed by atoms with E-state index in [1.165, 1.54) is 35.6 Å². The fourth-order valence-electron chi connectivity index (χ4n) is 4.84. The summed E-state index contributed by atoms with van der Waals surface area (Å²) in [5.41, 5.74) is 1.37. The zero-order valence-electron chi connectivity index (χ0n) is 13.3. The summed E-state index contributed by atoms with van der Waals surface area (Å²) in [6.07, 6.45) is 3.76.